The Bertz CT molecular complexity index is 293. The van der Waals surface area contributed by atoms with E-state index in [1.165, 1.54) is 6.08 Å². The lowest BCUT2D eigenvalue weighted by atomic mass is 10.2. The van der Waals surface area contributed by atoms with Crippen LogP contribution in [0.3, 0.4) is 0 Å². The van der Waals surface area contributed by atoms with E-state index >= 15 is 0 Å². The van der Waals surface area contributed by atoms with Crippen molar-refractivity contribution in [2.45, 2.75) is 0 Å². The van der Waals surface area contributed by atoms with Crippen molar-refractivity contribution in [2.24, 2.45) is 0 Å². The zero-order valence-electron chi connectivity index (χ0n) is 7.14. The van der Waals surface area contributed by atoms with Crippen molar-refractivity contribution in [1.82, 2.24) is 0 Å². The van der Waals surface area contributed by atoms with Gasteiger partial charge in [0.05, 0.1) is 0 Å². The molecule has 0 fully saturated rings. The van der Waals surface area contributed by atoms with Crippen molar-refractivity contribution >= 4 is 21.3 Å². The van der Waals surface area contributed by atoms with Gasteiger partial charge >= 0.3 is 5.97 Å². The highest BCUT2D eigenvalue weighted by molar-refractivity contribution is 7.16. The maximum atomic E-state index is 10.9. The van der Waals surface area contributed by atoms with Crippen LogP contribution >= 0.6 is 9.24 Å². The summed E-state index contributed by atoms with van der Waals surface area (Å²) in [6, 6.07) is 9.61. The van der Waals surface area contributed by atoms with Crippen molar-refractivity contribution in [3.63, 3.8) is 0 Å². The normalized spacial score (nSPS) is 10.2. The second-order valence-corrected chi connectivity index (χ2v) is 2.71. The molecular formula is C10H11O2P. The average molecular weight is 194 g/mol. The van der Waals surface area contributed by atoms with Gasteiger partial charge in [-0.15, -0.1) is 0 Å². The molecule has 3 heteroatoms. The molecule has 0 saturated carbocycles. The Balaban J connectivity index is 2.54. The highest BCUT2D eigenvalue weighted by Gasteiger charge is 1.92. The molecule has 0 N–H and O–H groups in total. The Morgan fingerprint density at radius 1 is 1.38 bits per heavy atom. The summed E-state index contributed by atoms with van der Waals surface area (Å²) in [7, 11) is 2.33. The van der Waals surface area contributed by atoms with Gasteiger partial charge in [-0.1, -0.05) is 39.6 Å². The summed E-state index contributed by atoms with van der Waals surface area (Å²) in [5.41, 5.74) is 0.989. The molecule has 0 bridgehead atoms. The third-order valence-electron chi connectivity index (χ3n) is 1.44. The van der Waals surface area contributed by atoms with Gasteiger partial charge in [0.15, 0.2) is 0 Å². The molecule has 0 aliphatic rings. The van der Waals surface area contributed by atoms with E-state index in [4.69, 9.17) is 4.74 Å². The van der Waals surface area contributed by atoms with Crippen LogP contribution in [0, 0.1) is 0 Å². The fourth-order valence-electron chi connectivity index (χ4n) is 0.859. The summed E-state index contributed by atoms with van der Waals surface area (Å²) in [5, 5.41) is 0. The monoisotopic (exact) mass is 194 g/mol. The number of rotatable bonds is 3. The van der Waals surface area contributed by atoms with Gasteiger partial charge in [0.2, 0.25) is 0 Å². The summed E-state index contributed by atoms with van der Waals surface area (Å²) in [6.07, 6.45) is 3.47. The molecule has 0 aromatic heterocycles. The summed E-state index contributed by atoms with van der Waals surface area (Å²) in [4.78, 5) is 10.9. The Labute approximate surface area is 79.8 Å². The van der Waals surface area contributed by atoms with Crippen molar-refractivity contribution in [1.29, 1.82) is 0 Å². The number of hydrogen-bond acceptors (Lipinski definition) is 2. The molecule has 68 valence electrons. The molecule has 0 heterocycles. The number of hydrogen-bond donors (Lipinski definition) is 0. The maximum Gasteiger partial charge on any atom is 0.331 e. The summed E-state index contributed by atoms with van der Waals surface area (Å²) >= 11 is 0. The lowest BCUT2D eigenvalue weighted by Crippen LogP contribution is -1.96. The lowest BCUT2D eigenvalue weighted by Gasteiger charge is -1.94. The second kappa shape index (κ2) is 5.50. The summed E-state index contributed by atoms with van der Waals surface area (Å²) in [6.45, 7) is 0. The minimum absolute atomic E-state index is 0.321. The van der Waals surface area contributed by atoms with Gasteiger partial charge in [-0.2, -0.15) is 0 Å². The number of carbonyl (C=O) groups is 1. The maximum absolute atomic E-state index is 10.9. The topological polar surface area (TPSA) is 26.3 Å². The highest BCUT2D eigenvalue weighted by atomic mass is 31.0. The first-order chi connectivity index (χ1) is 6.33. The molecule has 1 aromatic rings. The average Bonchev–Trinajstić information content (AvgIpc) is 2.17. The van der Waals surface area contributed by atoms with E-state index in [1.54, 1.807) is 6.08 Å². The van der Waals surface area contributed by atoms with Gasteiger partial charge in [-0.25, -0.2) is 4.79 Å². The summed E-state index contributed by atoms with van der Waals surface area (Å²) in [5.74, 6) is -0.321. The van der Waals surface area contributed by atoms with Crippen LogP contribution in [0.1, 0.15) is 5.56 Å². The molecule has 1 atom stereocenters. The van der Waals surface area contributed by atoms with Crippen LogP contribution in [0.15, 0.2) is 36.4 Å². The SMILES string of the molecule is O=C(/C=C/c1ccccc1)OCP. The first kappa shape index (κ1) is 9.94. The van der Waals surface area contributed by atoms with Crippen molar-refractivity contribution in [2.75, 3.05) is 6.35 Å². The van der Waals surface area contributed by atoms with E-state index in [-0.39, 0.29) is 5.97 Å². The molecule has 2 nitrogen and oxygen atoms in total. The zero-order valence-corrected chi connectivity index (χ0v) is 8.30. The van der Waals surface area contributed by atoms with Crippen molar-refractivity contribution < 1.29 is 9.53 Å². The van der Waals surface area contributed by atoms with Gasteiger partial charge < -0.3 is 4.74 Å². The minimum Gasteiger partial charge on any atom is -0.459 e. The van der Waals surface area contributed by atoms with Crippen molar-refractivity contribution in [3.05, 3.63) is 42.0 Å². The molecule has 0 radical (unpaired) electrons. The van der Waals surface area contributed by atoms with E-state index in [0.717, 1.165) is 5.56 Å². The van der Waals surface area contributed by atoms with Crippen LogP contribution in [-0.4, -0.2) is 12.3 Å². The quantitative estimate of drug-likeness (QED) is 0.418. The van der Waals surface area contributed by atoms with Crippen LogP contribution in [-0.2, 0) is 9.53 Å². The molecule has 0 saturated heterocycles. The van der Waals surface area contributed by atoms with E-state index in [2.05, 4.69) is 9.24 Å². The Kier molecular flexibility index (Phi) is 4.20. The molecule has 1 aromatic carbocycles. The third-order valence-corrected chi connectivity index (χ3v) is 1.60. The third kappa shape index (κ3) is 3.86. The summed E-state index contributed by atoms with van der Waals surface area (Å²) < 4.78 is 4.70. The lowest BCUT2D eigenvalue weighted by molar-refractivity contribution is -0.135. The number of esters is 1. The number of benzene rings is 1. The molecular weight excluding hydrogens is 183 g/mol. The molecule has 13 heavy (non-hydrogen) atoms. The fourth-order valence-corrected chi connectivity index (χ4v) is 1.02. The molecule has 0 aliphatic heterocycles. The van der Waals surface area contributed by atoms with Crippen LogP contribution in [0.25, 0.3) is 6.08 Å². The molecule has 1 unspecified atom stereocenters. The van der Waals surface area contributed by atoms with Gasteiger partial charge in [-0.05, 0) is 11.6 Å². The molecule has 0 spiro atoms. The predicted molar refractivity (Wildman–Crippen MR) is 56.1 cm³/mol. The van der Waals surface area contributed by atoms with Crippen LogP contribution in [0.2, 0.25) is 0 Å². The van der Waals surface area contributed by atoms with Crippen LogP contribution < -0.4 is 0 Å². The first-order valence-electron chi connectivity index (χ1n) is 3.93. The Morgan fingerprint density at radius 3 is 2.69 bits per heavy atom. The largest absolute Gasteiger partial charge is 0.459 e. The minimum atomic E-state index is -0.321. The highest BCUT2D eigenvalue weighted by Crippen LogP contribution is 2.01. The van der Waals surface area contributed by atoms with Crippen molar-refractivity contribution in [3.8, 4) is 0 Å². The number of carbonyl (C=O) groups excluding carboxylic acids is 1. The predicted octanol–water partition coefficient (Wildman–Crippen LogP) is 2.08. The number of ether oxygens (including phenoxy) is 1. The smallest absolute Gasteiger partial charge is 0.331 e. The van der Waals surface area contributed by atoms with Gasteiger partial charge in [0.1, 0.15) is 6.35 Å². The molecule has 0 aliphatic carbocycles. The standard InChI is InChI=1S/C10H11O2P/c11-10(12-8-13)7-6-9-4-2-1-3-5-9/h1-7H,8,13H2/b7-6+. The Morgan fingerprint density at radius 2 is 2.08 bits per heavy atom. The first-order valence-corrected chi connectivity index (χ1v) is 4.74. The van der Waals surface area contributed by atoms with E-state index < -0.39 is 0 Å². The Hall–Kier alpha value is -1.14. The van der Waals surface area contributed by atoms with Crippen LogP contribution in [0.4, 0.5) is 0 Å². The molecule has 1 rings (SSSR count). The van der Waals surface area contributed by atoms with Crippen LogP contribution in [0.5, 0.6) is 0 Å². The van der Waals surface area contributed by atoms with Gasteiger partial charge in [-0.3, -0.25) is 0 Å². The van der Waals surface area contributed by atoms with Gasteiger partial charge in [0.25, 0.3) is 0 Å². The van der Waals surface area contributed by atoms with Gasteiger partial charge in [0, 0.05) is 6.08 Å². The van der Waals surface area contributed by atoms with E-state index in [0.29, 0.717) is 6.35 Å². The second-order valence-electron chi connectivity index (χ2n) is 2.37. The van der Waals surface area contributed by atoms with E-state index in [9.17, 15) is 4.79 Å². The molecule has 0 amide bonds. The van der Waals surface area contributed by atoms with E-state index in [1.807, 2.05) is 30.3 Å². The fraction of sp³-hybridized carbons (Fsp3) is 0.100. The zero-order chi connectivity index (χ0) is 9.52.